The summed E-state index contributed by atoms with van der Waals surface area (Å²) in [4.78, 5) is 12.2. The second kappa shape index (κ2) is 11.0. The fraction of sp³-hybridized carbons (Fsp3) is 0.240. The normalized spacial score (nSPS) is 11.6. The highest BCUT2D eigenvalue weighted by molar-refractivity contribution is 9.10. The molecule has 0 aliphatic rings. The summed E-state index contributed by atoms with van der Waals surface area (Å²) in [7, 11) is 1.59. The minimum atomic E-state index is -0.232. The van der Waals surface area contributed by atoms with Gasteiger partial charge in [-0.05, 0) is 49.2 Å². The van der Waals surface area contributed by atoms with Gasteiger partial charge in [0.05, 0.1) is 7.11 Å². The van der Waals surface area contributed by atoms with Gasteiger partial charge in [-0.3, -0.25) is 4.79 Å². The number of halogens is 1. The number of carbonyl (C=O) groups is 1. The maximum Gasteiger partial charge on any atom is 0.262 e. The number of anilines is 1. The zero-order chi connectivity index (χ0) is 22.2. The van der Waals surface area contributed by atoms with Gasteiger partial charge in [0.15, 0.2) is 18.1 Å². The number of nitrogens with one attached hydrogen (secondary N) is 2. The number of hydrogen-bond acceptors (Lipinski definition) is 4. The monoisotopic (exact) mass is 482 g/mol. The van der Waals surface area contributed by atoms with Gasteiger partial charge >= 0.3 is 0 Å². The molecule has 0 radical (unpaired) electrons. The lowest BCUT2D eigenvalue weighted by Gasteiger charge is -2.17. The molecule has 0 fully saturated rings. The van der Waals surface area contributed by atoms with E-state index in [1.807, 2.05) is 61.5 Å². The Bertz CT molecular complexity index is 1010. The van der Waals surface area contributed by atoms with Gasteiger partial charge in [-0.1, -0.05) is 64.0 Å². The van der Waals surface area contributed by atoms with Crippen LogP contribution >= 0.6 is 15.9 Å². The highest BCUT2D eigenvalue weighted by atomic mass is 79.9. The molecule has 0 heterocycles. The lowest BCUT2D eigenvalue weighted by molar-refractivity contribution is -0.118. The fourth-order valence-corrected chi connectivity index (χ4v) is 3.55. The third-order valence-corrected chi connectivity index (χ3v) is 5.66. The van der Waals surface area contributed by atoms with Crippen LogP contribution in [0.25, 0.3) is 0 Å². The first kappa shape index (κ1) is 22.8. The molecule has 2 N–H and O–H groups in total. The van der Waals surface area contributed by atoms with Crippen LogP contribution in [0.15, 0.2) is 71.2 Å². The van der Waals surface area contributed by atoms with Gasteiger partial charge in [0, 0.05) is 22.7 Å². The molecular formula is C25H27BrN2O3. The first-order chi connectivity index (χ1) is 15.0. The molecule has 0 saturated heterocycles. The molecule has 1 amide bonds. The number of hydrogen-bond donors (Lipinski definition) is 2. The van der Waals surface area contributed by atoms with Crippen LogP contribution in [0.2, 0.25) is 0 Å². The van der Waals surface area contributed by atoms with Crippen molar-refractivity contribution in [2.24, 2.45) is 0 Å². The Morgan fingerprint density at radius 2 is 1.74 bits per heavy atom. The van der Waals surface area contributed by atoms with Crippen molar-refractivity contribution in [1.29, 1.82) is 0 Å². The molecule has 1 atom stereocenters. The zero-order valence-electron chi connectivity index (χ0n) is 17.9. The van der Waals surface area contributed by atoms with Crippen LogP contribution in [0, 0.1) is 6.92 Å². The number of methoxy groups -OCH3 is 1. The van der Waals surface area contributed by atoms with Crippen LogP contribution in [0.4, 0.5) is 5.69 Å². The van der Waals surface area contributed by atoms with Crippen LogP contribution in [-0.4, -0.2) is 19.6 Å². The number of benzene rings is 3. The predicted octanol–water partition coefficient (Wildman–Crippen LogP) is 5.63. The number of amides is 1. The van der Waals surface area contributed by atoms with E-state index in [1.54, 1.807) is 7.11 Å². The SMILES string of the molecule is COc1cc(CNC(C)c2ccccc2)c(Br)cc1OCC(=O)Nc1ccc(C)cc1. The molecule has 3 aromatic carbocycles. The summed E-state index contributed by atoms with van der Waals surface area (Å²) in [5, 5.41) is 6.34. The Kier molecular flexibility index (Phi) is 8.09. The molecule has 6 heteroatoms. The van der Waals surface area contributed by atoms with Crippen molar-refractivity contribution in [3.63, 3.8) is 0 Å². The molecule has 3 aromatic rings. The van der Waals surface area contributed by atoms with E-state index in [2.05, 4.69) is 45.6 Å². The summed E-state index contributed by atoms with van der Waals surface area (Å²) < 4.78 is 12.1. The van der Waals surface area contributed by atoms with Gasteiger partial charge in [-0.2, -0.15) is 0 Å². The van der Waals surface area contributed by atoms with E-state index in [-0.39, 0.29) is 18.6 Å². The fourth-order valence-electron chi connectivity index (χ4n) is 3.08. The predicted molar refractivity (Wildman–Crippen MR) is 128 cm³/mol. The minimum absolute atomic E-state index is 0.112. The molecule has 3 rings (SSSR count). The van der Waals surface area contributed by atoms with Gasteiger partial charge in [0.25, 0.3) is 5.91 Å². The highest BCUT2D eigenvalue weighted by Gasteiger charge is 2.13. The molecule has 0 aliphatic carbocycles. The average Bonchev–Trinajstić information content (AvgIpc) is 2.79. The lowest BCUT2D eigenvalue weighted by Crippen LogP contribution is -2.20. The lowest BCUT2D eigenvalue weighted by atomic mass is 10.1. The second-order valence-electron chi connectivity index (χ2n) is 7.31. The van der Waals surface area contributed by atoms with Gasteiger partial charge in [-0.25, -0.2) is 0 Å². The summed E-state index contributed by atoms with van der Waals surface area (Å²) in [6.07, 6.45) is 0. The van der Waals surface area contributed by atoms with Gasteiger partial charge < -0.3 is 20.1 Å². The Labute approximate surface area is 191 Å². The molecule has 0 bridgehead atoms. The smallest absolute Gasteiger partial charge is 0.262 e. The minimum Gasteiger partial charge on any atom is -0.493 e. The first-order valence-corrected chi connectivity index (χ1v) is 10.9. The summed E-state index contributed by atoms with van der Waals surface area (Å²) in [5.41, 5.74) is 4.14. The molecule has 0 aliphatic heterocycles. The Morgan fingerprint density at radius 3 is 2.42 bits per heavy atom. The maximum atomic E-state index is 12.2. The van der Waals surface area contributed by atoms with Crippen molar-refractivity contribution >= 4 is 27.5 Å². The molecular weight excluding hydrogens is 456 g/mol. The third kappa shape index (κ3) is 6.57. The third-order valence-electron chi connectivity index (χ3n) is 4.93. The molecule has 0 spiro atoms. The van der Waals surface area contributed by atoms with Crippen molar-refractivity contribution in [2.75, 3.05) is 19.0 Å². The van der Waals surface area contributed by atoms with Gasteiger partial charge in [0.1, 0.15) is 0 Å². The molecule has 5 nitrogen and oxygen atoms in total. The van der Waals surface area contributed by atoms with Gasteiger partial charge in [0.2, 0.25) is 0 Å². The van der Waals surface area contributed by atoms with Crippen LogP contribution < -0.4 is 20.1 Å². The van der Waals surface area contributed by atoms with Crippen molar-refractivity contribution in [2.45, 2.75) is 26.4 Å². The van der Waals surface area contributed by atoms with Gasteiger partial charge in [-0.15, -0.1) is 0 Å². The number of rotatable bonds is 9. The molecule has 31 heavy (non-hydrogen) atoms. The zero-order valence-corrected chi connectivity index (χ0v) is 19.5. The maximum absolute atomic E-state index is 12.2. The van der Waals surface area contributed by atoms with Crippen molar-refractivity contribution < 1.29 is 14.3 Å². The summed E-state index contributed by atoms with van der Waals surface area (Å²) in [6.45, 7) is 4.67. The molecule has 0 saturated carbocycles. The number of aryl methyl sites for hydroxylation is 1. The molecule has 0 aromatic heterocycles. The van der Waals surface area contributed by atoms with E-state index in [4.69, 9.17) is 9.47 Å². The largest absolute Gasteiger partial charge is 0.493 e. The van der Waals surface area contributed by atoms with Crippen molar-refractivity contribution in [3.05, 3.63) is 87.9 Å². The highest BCUT2D eigenvalue weighted by Crippen LogP contribution is 2.34. The molecule has 162 valence electrons. The Hall–Kier alpha value is -2.83. The number of ether oxygens (including phenoxy) is 2. The summed E-state index contributed by atoms with van der Waals surface area (Å²) in [6, 6.07) is 21.9. The first-order valence-electron chi connectivity index (χ1n) is 10.1. The average molecular weight is 483 g/mol. The van der Waals surface area contributed by atoms with E-state index in [0.717, 1.165) is 21.3 Å². The number of carbonyl (C=O) groups excluding carboxylic acids is 1. The van der Waals surface area contributed by atoms with E-state index >= 15 is 0 Å². The topological polar surface area (TPSA) is 59.6 Å². The summed E-state index contributed by atoms with van der Waals surface area (Å²) >= 11 is 3.61. The molecule has 1 unspecified atom stereocenters. The Balaban J connectivity index is 1.60. The quantitative estimate of drug-likeness (QED) is 0.414. The van der Waals surface area contributed by atoms with Crippen molar-refractivity contribution in [1.82, 2.24) is 5.32 Å². The van der Waals surface area contributed by atoms with E-state index in [1.165, 1.54) is 5.56 Å². The van der Waals surface area contributed by atoms with Crippen LogP contribution in [0.3, 0.4) is 0 Å². The van der Waals surface area contributed by atoms with Crippen LogP contribution in [0.5, 0.6) is 11.5 Å². The summed E-state index contributed by atoms with van der Waals surface area (Å²) in [5.74, 6) is 0.855. The van der Waals surface area contributed by atoms with E-state index in [9.17, 15) is 4.79 Å². The standard InChI is InChI=1S/C25H27BrN2O3/c1-17-9-11-21(12-10-17)28-25(29)16-31-24-14-22(26)20(13-23(24)30-3)15-27-18(2)19-7-5-4-6-8-19/h4-14,18,27H,15-16H2,1-3H3,(H,28,29). The van der Waals surface area contributed by atoms with E-state index < -0.39 is 0 Å². The van der Waals surface area contributed by atoms with E-state index in [0.29, 0.717) is 18.0 Å². The van der Waals surface area contributed by atoms with Crippen molar-refractivity contribution in [3.8, 4) is 11.5 Å². The van der Waals surface area contributed by atoms with Crippen LogP contribution in [-0.2, 0) is 11.3 Å². The second-order valence-corrected chi connectivity index (χ2v) is 8.16. The Morgan fingerprint density at radius 1 is 1.03 bits per heavy atom. The van der Waals surface area contributed by atoms with Crippen LogP contribution in [0.1, 0.15) is 29.7 Å².